The highest BCUT2D eigenvalue weighted by Crippen LogP contribution is 2.31. The number of allylic oxidation sites excluding steroid dienone is 1. The van der Waals surface area contributed by atoms with E-state index in [9.17, 15) is 14.0 Å². The average molecular weight is 366 g/mol. The fraction of sp³-hybridized carbons (Fsp3) is 0.444. The minimum Gasteiger partial charge on any atom is -0.460 e. The highest BCUT2D eigenvalue weighted by atomic mass is 19.1. The minimum atomic E-state index is -0.725. The van der Waals surface area contributed by atoms with Crippen LogP contribution < -0.4 is 5.32 Å². The first-order chi connectivity index (χ1) is 12.5. The summed E-state index contributed by atoms with van der Waals surface area (Å²) in [5, 5.41) is 2.78. The van der Waals surface area contributed by atoms with Gasteiger partial charge in [0.15, 0.2) is 0 Å². The highest BCUT2D eigenvalue weighted by molar-refractivity contribution is 5.95. The van der Waals surface area contributed by atoms with E-state index in [-0.39, 0.29) is 19.2 Å². The molecule has 0 fully saturated rings. The quantitative estimate of drug-likeness (QED) is 0.563. The lowest BCUT2D eigenvalue weighted by molar-refractivity contribution is -0.140. The van der Waals surface area contributed by atoms with Gasteiger partial charge in [-0.25, -0.2) is 14.0 Å². The number of carbonyl (C=O) groups is 2. The lowest BCUT2D eigenvalue weighted by Crippen LogP contribution is -2.49. The summed E-state index contributed by atoms with van der Waals surface area (Å²) >= 11 is 0. The van der Waals surface area contributed by atoms with Gasteiger partial charge in [-0.05, 0) is 24.6 Å². The number of nitrogens with zero attached hydrogens (tertiary/aromatic N) is 1. The molecule has 26 heavy (non-hydrogen) atoms. The summed E-state index contributed by atoms with van der Waals surface area (Å²) < 4.78 is 28.4. The van der Waals surface area contributed by atoms with Crippen LogP contribution in [0.1, 0.15) is 18.5 Å². The van der Waals surface area contributed by atoms with Crippen molar-refractivity contribution in [3.05, 3.63) is 46.9 Å². The molecule has 2 rings (SSSR count). The second-order valence-electron chi connectivity index (χ2n) is 5.71. The number of hydrogen-bond donors (Lipinski definition) is 1. The van der Waals surface area contributed by atoms with Gasteiger partial charge in [0, 0.05) is 19.9 Å². The van der Waals surface area contributed by atoms with Gasteiger partial charge in [-0.2, -0.15) is 0 Å². The van der Waals surface area contributed by atoms with E-state index >= 15 is 0 Å². The third-order valence-corrected chi connectivity index (χ3v) is 4.06. The predicted molar refractivity (Wildman–Crippen MR) is 91.8 cm³/mol. The fourth-order valence-corrected chi connectivity index (χ4v) is 2.70. The number of hydrogen-bond acceptors (Lipinski definition) is 5. The maximum absolute atomic E-state index is 13.2. The molecule has 0 saturated carbocycles. The number of benzene rings is 1. The smallest absolute Gasteiger partial charge is 0.338 e. The molecule has 0 bridgehead atoms. The monoisotopic (exact) mass is 366 g/mol. The highest BCUT2D eigenvalue weighted by Gasteiger charge is 2.36. The van der Waals surface area contributed by atoms with Crippen molar-refractivity contribution in [3.63, 3.8) is 0 Å². The van der Waals surface area contributed by atoms with Gasteiger partial charge in [0.05, 0.1) is 31.4 Å². The van der Waals surface area contributed by atoms with E-state index in [0.717, 1.165) is 0 Å². The molecule has 1 aromatic carbocycles. The average Bonchev–Trinajstić information content (AvgIpc) is 2.62. The Labute approximate surface area is 151 Å². The Bertz CT molecular complexity index is 675. The molecule has 1 heterocycles. The topological polar surface area (TPSA) is 77.1 Å². The van der Waals surface area contributed by atoms with Crippen LogP contribution in [0.25, 0.3) is 0 Å². The molecule has 7 nitrogen and oxygen atoms in total. The van der Waals surface area contributed by atoms with Gasteiger partial charge in [-0.1, -0.05) is 12.1 Å². The molecule has 1 aromatic rings. The Morgan fingerprint density at radius 2 is 1.81 bits per heavy atom. The zero-order valence-corrected chi connectivity index (χ0v) is 15.1. The van der Waals surface area contributed by atoms with Crippen molar-refractivity contribution in [2.24, 2.45) is 0 Å². The molecule has 0 radical (unpaired) electrons. The van der Waals surface area contributed by atoms with E-state index in [2.05, 4.69) is 5.32 Å². The largest absolute Gasteiger partial charge is 0.460 e. The zero-order valence-electron chi connectivity index (χ0n) is 15.1. The summed E-state index contributed by atoms with van der Waals surface area (Å²) in [6.45, 7) is 2.64. The lowest BCUT2D eigenvalue weighted by atomic mass is 9.95. The van der Waals surface area contributed by atoms with Crippen LogP contribution in [-0.4, -0.2) is 57.5 Å². The van der Waals surface area contributed by atoms with Crippen LogP contribution in [0.3, 0.4) is 0 Å². The number of nitrogens with one attached hydrogen (secondary N) is 1. The van der Waals surface area contributed by atoms with E-state index in [1.54, 1.807) is 6.92 Å². The van der Waals surface area contributed by atoms with Gasteiger partial charge < -0.3 is 19.5 Å². The molecule has 1 unspecified atom stereocenters. The summed E-state index contributed by atoms with van der Waals surface area (Å²) in [7, 11) is 3.04. The molecule has 0 saturated heterocycles. The maximum atomic E-state index is 13.2. The molecule has 1 aliphatic rings. The van der Waals surface area contributed by atoms with Crippen molar-refractivity contribution in [2.45, 2.75) is 13.0 Å². The molecule has 1 atom stereocenters. The first-order valence-electron chi connectivity index (χ1n) is 8.18. The summed E-state index contributed by atoms with van der Waals surface area (Å²) in [4.78, 5) is 26.5. The first-order valence-corrected chi connectivity index (χ1v) is 8.18. The molecule has 8 heteroatoms. The van der Waals surface area contributed by atoms with Gasteiger partial charge in [0.25, 0.3) is 0 Å². The Balaban J connectivity index is 2.38. The number of amides is 2. The summed E-state index contributed by atoms with van der Waals surface area (Å²) in [5.74, 6) is -0.959. The van der Waals surface area contributed by atoms with Crippen molar-refractivity contribution >= 4 is 12.0 Å². The van der Waals surface area contributed by atoms with Crippen molar-refractivity contribution < 1.29 is 28.2 Å². The van der Waals surface area contributed by atoms with Gasteiger partial charge >= 0.3 is 12.0 Å². The first kappa shape index (κ1) is 19.9. The molecular weight excluding hydrogens is 343 g/mol. The molecule has 2 amide bonds. The molecule has 0 aromatic heterocycles. The lowest BCUT2D eigenvalue weighted by Gasteiger charge is -2.35. The molecule has 1 N–H and O–H groups in total. The van der Waals surface area contributed by atoms with E-state index in [1.807, 2.05) is 0 Å². The fourth-order valence-electron chi connectivity index (χ4n) is 2.70. The van der Waals surface area contributed by atoms with Crippen molar-refractivity contribution in [2.75, 3.05) is 40.6 Å². The van der Waals surface area contributed by atoms with E-state index in [0.29, 0.717) is 30.0 Å². The van der Waals surface area contributed by atoms with Crippen LogP contribution in [0.5, 0.6) is 0 Å². The van der Waals surface area contributed by atoms with Crippen molar-refractivity contribution in [1.29, 1.82) is 0 Å². The third-order valence-electron chi connectivity index (χ3n) is 4.06. The molecular formula is C18H23FN2O5. The van der Waals surface area contributed by atoms with E-state index < -0.39 is 17.8 Å². The van der Waals surface area contributed by atoms with Crippen LogP contribution in [0.4, 0.5) is 9.18 Å². The van der Waals surface area contributed by atoms with Gasteiger partial charge in [-0.15, -0.1) is 0 Å². The number of esters is 1. The van der Waals surface area contributed by atoms with Crippen molar-refractivity contribution in [3.8, 4) is 0 Å². The third kappa shape index (κ3) is 4.59. The summed E-state index contributed by atoms with van der Waals surface area (Å²) in [6.07, 6.45) is 0. The Hall–Kier alpha value is -2.45. The second-order valence-corrected chi connectivity index (χ2v) is 5.71. The zero-order chi connectivity index (χ0) is 19.1. The number of rotatable bonds is 8. The Kier molecular flexibility index (Phi) is 7.11. The van der Waals surface area contributed by atoms with Gasteiger partial charge in [0.1, 0.15) is 12.4 Å². The van der Waals surface area contributed by atoms with Crippen LogP contribution >= 0.6 is 0 Å². The second kappa shape index (κ2) is 9.30. The van der Waals surface area contributed by atoms with Gasteiger partial charge in [-0.3, -0.25) is 4.90 Å². The summed E-state index contributed by atoms with van der Waals surface area (Å²) in [5.41, 5.74) is 1.36. The van der Waals surface area contributed by atoms with Crippen LogP contribution in [0.2, 0.25) is 0 Å². The van der Waals surface area contributed by atoms with Crippen LogP contribution in [-0.2, 0) is 19.0 Å². The number of ether oxygens (including phenoxy) is 3. The Morgan fingerprint density at radius 1 is 1.15 bits per heavy atom. The number of urea groups is 1. The van der Waals surface area contributed by atoms with E-state index in [4.69, 9.17) is 14.2 Å². The maximum Gasteiger partial charge on any atom is 0.338 e. The number of halogens is 1. The summed E-state index contributed by atoms with van der Waals surface area (Å²) in [6, 6.07) is 4.53. The van der Waals surface area contributed by atoms with Crippen molar-refractivity contribution in [1.82, 2.24) is 10.2 Å². The standard InChI is InChI=1S/C18H23FN2O5/c1-12-15(17(22)26-11-10-25-3)16(13-4-6-14(19)7-5-13)20-18(23)21(12)8-9-24-2/h4-7,16H,8-11H2,1-3H3,(H,20,23). The number of methoxy groups -OCH3 is 2. The van der Waals surface area contributed by atoms with E-state index in [1.165, 1.54) is 43.4 Å². The predicted octanol–water partition coefficient (Wildman–Crippen LogP) is 2.00. The van der Waals surface area contributed by atoms with Crippen LogP contribution in [0, 0.1) is 5.82 Å². The Morgan fingerprint density at radius 3 is 2.42 bits per heavy atom. The van der Waals surface area contributed by atoms with Gasteiger partial charge in [0.2, 0.25) is 0 Å². The SMILES string of the molecule is COCCOC(=O)C1=C(C)N(CCOC)C(=O)NC1c1ccc(F)cc1. The normalized spacial score (nSPS) is 17.3. The molecule has 0 aliphatic carbocycles. The number of carbonyl (C=O) groups excluding carboxylic acids is 2. The molecule has 1 aliphatic heterocycles. The molecule has 0 spiro atoms. The molecule has 142 valence electrons. The minimum absolute atomic E-state index is 0.0915. The van der Waals surface area contributed by atoms with Crippen LogP contribution in [0.15, 0.2) is 35.5 Å².